The van der Waals surface area contributed by atoms with Crippen molar-refractivity contribution >= 4 is 11.6 Å². The Kier molecular flexibility index (Phi) is 5.49. The molecule has 23 heavy (non-hydrogen) atoms. The summed E-state index contributed by atoms with van der Waals surface area (Å²) in [5.41, 5.74) is 2.25. The largest absolute Gasteiger partial charge is 0.506 e. The summed E-state index contributed by atoms with van der Waals surface area (Å²) in [5, 5.41) is 9.88. The number of piperidine rings is 1. The molecule has 1 aromatic heterocycles. The van der Waals surface area contributed by atoms with E-state index < -0.39 is 0 Å². The van der Waals surface area contributed by atoms with Crippen molar-refractivity contribution in [3.8, 4) is 5.75 Å². The summed E-state index contributed by atoms with van der Waals surface area (Å²) in [6.45, 7) is 3.51. The van der Waals surface area contributed by atoms with Crippen molar-refractivity contribution in [1.29, 1.82) is 0 Å². The topological polar surface area (TPSA) is 45.6 Å². The number of aromatic hydroxyl groups is 1. The number of pyridine rings is 1. The Hall–Kier alpha value is -1.62. The minimum Gasteiger partial charge on any atom is -0.506 e. The highest BCUT2D eigenvalue weighted by atomic mass is 35.5. The number of rotatable bonds is 5. The summed E-state index contributed by atoms with van der Waals surface area (Å²) in [7, 11) is 0. The smallest absolute Gasteiger partial charge is 0.134 e. The second-order valence-corrected chi connectivity index (χ2v) is 6.34. The van der Waals surface area contributed by atoms with E-state index in [-0.39, 0.29) is 5.75 Å². The molecule has 0 aliphatic carbocycles. The number of phenols is 1. The summed E-state index contributed by atoms with van der Waals surface area (Å²) in [4.78, 5) is 6.50. The maximum absolute atomic E-state index is 9.47. The van der Waals surface area contributed by atoms with Gasteiger partial charge in [0, 0.05) is 32.0 Å². The summed E-state index contributed by atoms with van der Waals surface area (Å²) >= 11 is 5.96. The number of likely N-dealkylation sites (tertiary alicyclic amines) is 1. The van der Waals surface area contributed by atoms with Crippen molar-refractivity contribution in [2.75, 3.05) is 13.1 Å². The van der Waals surface area contributed by atoms with Gasteiger partial charge in [-0.1, -0.05) is 23.7 Å². The summed E-state index contributed by atoms with van der Waals surface area (Å²) in [5.74, 6) is 0.137. The number of halogens is 1. The Bertz CT molecular complexity index is 628. The van der Waals surface area contributed by atoms with Crippen molar-refractivity contribution in [1.82, 2.24) is 9.88 Å². The van der Waals surface area contributed by atoms with E-state index in [1.807, 2.05) is 30.5 Å². The van der Waals surface area contributed by atoms with E-state index in [4.69, 9.17) is 16.3 Å². The first kappa shape index (κ1) is 16.2. The van der Waals surface area contributed by atoms with Gasteiger partial charge in [0.25, 0.3) is 0 Å². The Balaban J connectivity index is 1.44. The number of phenolic OH excluding ortho intramolecular Hbond substituents is 1. The van der Waals surface area contributed by atoms with Crippen molar-refractivity contribution in [2.24, 2.45) is 0 Å². The zero-order valence-corrected chi connectivity index (χ0v) is 13.7. The quantitative estimate of drug-likeness (QED) is 0.908. The van der Waals surface area contributed by atoms with Crippen LogP contribution in [-0.2, 0) is 17.9 Å². The minimum atomic E-state index is 0.137. The van der Waals surface area contributed by atoms with Gasteiger partial charge in [-0.2, -0.15) is 0 Å². The molecule has 0 bridgehead atoms. The monoisotopic (exact) mass is 332 g/mol. The lowest BCUT2D eigenvalue weighted by molar-refractivity contribution is -0.00403. The first-order valence-corrected chi connectivity index (χ1v) is 8.29. The second kappa shape index (κ2) is 7.77. The van der Waals surface area contributed by atoms with E-state index in [9.17, 15) is 5.11 Å². The highest BCUT2D eigenvalue weighted by Gasteiger charge is 2.20. The van der Waals surface area contributed by atoms with Crippen molar-refractivity contribution < 1.29 is 9.84 Å². The first-order valence-electron chi connectivity index (χ1n) is 7.91. The van der Waals surface area contributed by atoms with E-state index in [1.54, 1.807) is 12.3 Å². The molecule has 0 atom stereocenters. The fourth-order valence-electron chi connectivity index (χ4n) is 2.84. The number of hydrogen-bond acceptors (Lipinski definition) is 4. The molecule has 0 saturated carbocycles. The average Bonchev–Trinajstić information content (AvgIpc) is 2.58. The van der Waals surface area contributed by atoms with Gasteiger partial charge >= 0.3 is 0 Å². The molecule has 1 aliphatic rings. The molecule has 2 heterocycles. The molecule has 1 N–H and O–H groups in total. The normalized spacial score (nSPS) is 16.6. The van der Waals surface area contributed by atoms with Crippen molar-refractivity contribution in [2.45, 2.75) is 32.1 Å². The number of hydrogen-bond donors (Lipinski definition) is 1. The Morgan fingerprint density at radius 3 is 2.74 bits per heavy atom. The third-order valence-corrected chi connectivity index (χ3v) is 4.46. The van der Waals surface area contributed by atoms with E-state index in [0.717, 1.165) is 43.6 Å². The van der Waals surface area contributed by atoms with Gasteiger partial charge in [0.1, 0.15) is 5.75 Å². The SMILES string of the molecule is Oc1ccc(CN2CCC(OCc3cccnc3)CC2)cc1Cl. The maximum Gasteiger partial charge on any atom is 0.134 e. The maximum atomic E-state index is 9.47. The molecule has 4 nitrogen and oxygen atoms in total. The molecule has 1 aromatic carbocycles. The molecule has 2 aromatic rings. The zero-order valence-electron chi connectivity index (χ0n) is 13.0. The highest BCUT2D eigenvalue weighted by molar-refractivity contribution is 6.32. The van der Waals surface area contributed by atoms with E-state index in [1.165, 1.54) is 0 Å². The Morgan fingerprint density at radius 1 is 1.22 bits per heavy atom. The zero-order chi connectivity index (χ0) is 16.1. The molecule has 0 amide bonds. The van der Waals surface area contributed by atoms with Gasteiger partial charge in [0.2, 0.25) is 0 Å². The van der Waals surface area contributed by atoms with Gasteiger partial charge < -0.3 is 9.84 Å². The van der Waals surface area contributed by atoms with Gasteiger partial charge in [-0.05, 0) is 42.2 Å². The lowest BCUT2D eigenvalue weighted by Crippen LogP contribution is -2.36. The van der Waals surface area contributed by atoms with Crippen LogP contribution in [0.1, 0.15) is 24.0 Å². The Labute approximate surface area is 141 Å². The predicted octanol–water partition coefficient (Wildman–Crippen LogP) is 3.62. The van der Waals surface area contributed by atoms with E-state index >= 15 is 0 Å². The molecular formula is C18H21ClN2O2. The van der Waals surface area contributed by atoms with Crippen LogP contribution in [0.15, 0.2) is 42.7 Å². The van der Waals surface area contributed by atoms with Gasteiger partial charge in [0.15, 0.2) is 0 Å². The fourth-order valence-corrected chi connectivity index (χ4v) is 3.04. The predicted molar refractivity (Wildman–Crippen MR) is 90.4 cm³/mol. The standard InChI is InChI=1S/C18H21ClN2O2/c19-17-10-14(3-4-18(17)22)12-21-8-5-16(6-9-21)23-13-15-2-1-7-20-11-15/h1-4,7,10-11,16,22H,5-6,8-9,12-13H2. The molecule has 1 saturated heterocycles. The van der Waals surface area contributed by atoms with E-state index in [0.29, 0.717) is 17.7 Å². The lowest BCUT2D eigenvalue weighted by Gasteiger charge is -2.32. The van der Waals surface area contributed by atoms with Gasteiger partial charge in [0.05, 0.1) is 17.7 Å². The summed E-state index contributed by atoms with van der Waals surface area (Å²) in [6.07, 6.45) is 6.01. The summed E-state index contributed by atoms with van der Waals surface area (Å²) in [6, 6.07) is 9.39. The Morgan fingerprint density at radius 2 is 2.04 bits per heavy atom. The average molecular weight is 333 g/mol. The molecule has 1 fully saturated rings. The van der Waals surface area contributed by atoms with Crippen LogP contribution in [0, 0.1) is 0 Å². The van der Waals surface area contributed by atoms with Crippen LogP contribution in [0.3, 0.4) is 0 Å². The van der Waals surface area contributed by atoms with Crippen LogP contribution in [0.4, 0.5) is 0 Å². The van der Waals surface area contributed by atoms with Crippen molar-refractivity contribution in [3.05, 3.63) is 58.9 Å². The third kappa shape index (κ3) is 4.67. The fraction of sp³-hybridized carbons (Fsp3) is 0.389. The number of nitrogens with zero attached hydrogens (tertiary/aromatic N) is 2. The number of benzene rings is 1. The minimum absolute atomic E-state index is 0.137. The first-order chi connectivity index (χ1) is 11.2. The van der Waals surface area contributed by atoms with Crippen LogP contribution < -0.4 is 0 Å². The molecule has 1 aliphatic heterocycles. The number of ether oxygens (including phenoxy) is 1. The van der Waals surface area contributed by atoms with Crippen LogP contribution in [0.5, 0.6) is 5.75 Å². The van der Waals surface area contributed by atoms with Gasteiger partial charge in [-0.15, -0.1) is 0 Å². The molecule has 5 heteroatoms. The third-order valence-electron chi connectivity index (χ3n) is 4.16. The van der Waals surface area contributed by atoms with Crippen molar-refractivity contribution in [3.63, 3.8) is 0 Å². The molecular weight excluding hydrogens is 312 g/mol. The molecule has 122 valence electrons. The van der Waals surface area contributed by atoms with Crippen LogP contribution >= 0.6 is 11.6 Å². The van der Waals surface area contributed by atoms with Crippen LogP contribution in [0.2, 0.25) is 5.02 Å². The molecule has 0 unspecified atom stereocenters. The highest BCUT2D eigenvalue weighted by Crippen LogP contribution is 2.25. The van der Waals surface area contributed by atoms with Crippen LogP contribution in [0.25, 0.3) is 0 Å². The second-order valence-electron chi connectivity index (χ2n) is 5.93. The number of aromatic nitrogens is 1. The summed E-state index contributed by atoms with van der Waals surface area (Å²) < 4.78 is 5.98. The molecule has 0 spiro atoms. The molecule has 0 radical (unpaired) electrons. The molecule has 3 rings (SSSR count). The van der Waals surface area contributed by atoms with Crippen LogP contribution in [-0.4, -0.2) is 34.2 Å². The van der Waals surface area contributed by atoms with E-state index in [2.05, 4.69) is 9.88 Å². The van der Waals surface area contributed by atoms with Gasteiger partial charge in [-0.3, -0.25) is 9.88 Å². The lowest BCUT2D eigenvalue weighted by atomic mass is 10.1. The van der Waals surface area contributed by atoms with Gasteiger partial charge in [-0.25, -0.2) is 0 Å².